The number of phenolic OH excluding ortho intramolecular Hbond substituents is 1. The molecule has 5 aromatic rings. The first-order valence-electron chi connectivity index (χ1n) is 18.4. The molecule has 4 amide bonds. The van der Waals surface area contributed by atoms with Gasteiger partial charge in [0.25, 0.3) is 0 Å². The number of hydrogen-bond acceptors (Lipinski definition) is 7. The van der Waals surface area contributed by atoms with Crippen LogP contribution in [0.4, 0.5) is 34.1 Å². The largest absolute Gasteiger partial charge is 0.507 e. The first kappa shape index (κ1) is 33.4. The monoisotopic (exact) mass is 714 g/mol. The molecule has 3 fully saturated rings. The summed E-state index contributed by atoms with van der Waals surface area (Å²) in [7, 11) is 0. The van der Waals surface area contributed by atoms with E-state index in [0.717, 1.165) is 28.3 Å². The lowest BCUT2D eigenvalue weighted by molar-refractivity contribution is -0.126. The average molecular weight is 715 g/mol. The topological polar surface area (TPSA) is 119 Å². The SMILES string of the molecule is Cc1cccc(C2C3=CCC4C(=O)N(c5ccc(Nc6ccccc6)cc5)C(=O)C4C3CC3C(=O)N(c4ccc(Nc5ccccc5)cc4)C(=O)C32)c1O. The van der Waals surface area contributed by atoms with E-state index in [1.807, 2.05) is 103 Å². The van der Waals surface area contributed by atoms with Crippen molar-refractivity contribution in [3.63, 3.8) is 0 Å². The maximum atomic E-state index is 14.6. The maximum absolute atomic E-state index is 14.6. The number of aryl methyl sites for hydroxylation is 1. The fourth-order valence-corrected chi connectivity index (χ4v) is 9.14. The van der Waals surface area contributed by atoms with E-state index < -0.39 is 35.5 Å². The van der Waals surface area contributed by atoms with Crippen molar-refractivity contribution < 1.29 is 24.3 Å². The number of imide groups is 2. The summed E-state index contributed by atoms with van der Waals surface area (Å²) in [4.78, 5) is 60.1. The molecule has 2 aliphatic carbocycles. The second-order valence-corrected chi connectivity index (χ2v) is 14.6. The fourth-order valence-electron chi connectivity index (χ4n) is 9.14. The molecule has 9 nitrogen and oxygen atoms in total. The van der Waals surface area contributed by atoms with Crippen molar-refractivity contribution in [2.75, 3.05) is 20.4 Å². The van der Waals surface area contributed by atoms with Crippen LogP contribution < -0.4 is 20.4 Å². The van der Waals surface area contributed by atoms with Crippen LogP contribution in [0.2, 0.25) is 0 Å². The van der Waals surface area contributed by atoms with E-state index >= 15 is 0 Å². The van der Waals surface area contributed by atoms with Gasteiger partial charge in [0.1, 0.15) is 5.75 Å². The van der Waals surface area contributed by atoms with E-state index in [1.54, 1.807) is 37.3 Å². The van der Waals surface area contributed by atoms with Gasteiger partial charge in [-0.1, -0.05) is 66.2 Å². The van der Waals surface area contributed by atoms with Crippen LogP contribution >= 0.6 is 0 Å². The summed E-state index contributed by atoms with van der Waals surface area (Å²) in [5, 5.41) is 18.1. The molecule has 3 N–H and O–H groups in total. The second kappa shape index (κ2) is 13.2. The molecule has 2 saturated heterocycles. The number of carbonyl (C=O) groups excluding carboxylic acids is 4. The molecule has 9 heteroatoms. The van der Waals surface area contributed by atoms with Crippen LogP contribution in [0.25, 0.3) is 0 Å². The van der Waals surface area contributed by atoms with Gasteiger partial charge in [-0.25, -0.2) is 0 Å². The molecule has 54 heavy (non-hydrogen) atoms. The van der Waals surface area contributed by atoms with Crippen LogP contribution in [0.15, 0.2) is 139 Å². The van der Waals surface area contributed by atoms with Gasteiger partial charge in [0, 0.05) is 34.2 Å². The lowest BCUT2D eigenvalue weighted by Gasteiger charge is -2.44. The van der Waals surface area contributed by atoms with Gasteiger partial charge < -0.3 is 15.7 Å². The summed E-state index contributed by atoms with van der Waals surface area (Å²) in [5.74, 6) is -5.08. The number of rotatable bonds is 7. The third-order valence-corrected chi connectivity index (χ3v) is 11.6. The third-order valence-electron chi connectivity index (χ3n) is 11.6. The summed E-state index contributed by atoms with van der Waals surface area (Å²) in [5.41, 5.74) is 6.46. The van der Waals surface area contributed by atoms with Crippen LogP contribution in [0, 0.1) is 36.5 Å². The molecule has 0 radical (unpaired) electrons. The Bertz CT molecular complexity index is 2320. The molecule has 1 saturated carbocycles. The van der Waals surface area contributed by atoms with E-state index in [9.17, 15) is 24.3 Å². The van der Waals surface area contributed by atoms with Crippen molar-refractivity contribution in [3.05, 3.63) is 150 Å². The molecule has 5 aromatic carbocycles. The van der Waals surface area contributed by atoms with Gasteiger partial charge in [0.05, 0.1) is 35.0 Å². The molecule has 2 heterocycles. The standard InChI is InChI=1S/C45H38N4O5/c1-26-9-8-14-34(41(26)50)38-33-23-24-35-39(44(53)48(42(35)51)31-19-15-29(16-20-31)46-27-10-4-2-5-11-27)36(33)25-37-40(38)45(54)49(43(37)52)32-21-17-30(18-22-32)47-28-12-6-3-7-13-28/h2-23,35-40,46-47,50H,24-25H2,1H3. The Morgan fingerprint density at radius 3 is 1.59 bits per heavy atom. The highest BCUT2D eigenvalue weighted by Crippen LogP contribution is 2.59. The van der Waals surface area contributed by atoms with Crippen molar-refractivity contribution in [1.82, 2.24) is 0 Å². The summed E-state index contributed by atoms with van der Waals surface area (Å²) in [6.07, 6.45) is 2.58. The molecule has 0 spiro atoms. The van der Waals surface area contributed by atoms with Gasteiger partial charge in [0.15, 0.2) is 0 Å². The number of benzene rings is 5. The van der Waals surface area contributed by atoms with Crippen LogP contribution in [0.1, 0.15) is 29.9 Å². The van der Waals surface area contributed by atoms with E-state index in [-0.39, 0.29) is 35.8 Å². The van der Waals surface area contributed by atoms with Crippen LogP contribution in [0.5, 0.6) is 5.75 Å². The number of hydrogen-bond donors (Lipinski definition) is 3. The average Bonchev–Trinajstić information content (AvgIpc) is 3.60. The Morgan fingerprint density at radius 1 is 0.537 bits per heavy atom. The number of nitrogens with one attached hydrogen (secondary N) is 2. The summed E-state index contributed by atoms with van der Waals surface area (Å²) in [6, 6.07) is 39.3. The first-order chi connectivity index (χ1) is 26.3. The Hall–Kier alpha value is -6.48. The summed E-state index contributed by atoms with van der Waals surface area (Å²) >= 11 is 0. The lowest BCUT2D eigenvalue weighted by atomic mass is 9.57. The van der Waals surface area contributed by atoms with Crippen molar-refractivity contribution >= 4 is 57.8 Å². The predicted octanol–water partition coefficient (Wildman–Crippen LogP) is 8.23. The molecule has 6 unspecified atom stereocenters. The second-order valence-electron chi connectivity index (χ2n) is 14.6. The molecule has 0 aromatic heterocycles. The number of anilines is 6. The van der Waals surface area contributed by atoms with Gasteiger partial charge >= 0.3 is 0 Å². The molecule has 4 aliphatic rings. The minimum absolute atomic E-state index is 0.0691. The van der Waals surface area contributed by atoms with Gasteiger partial charge in [-0.3, -0.25) is 29.0 Å². The van der Waals surface area contributed by atoms with Crippen molar-refractivity contribution in [2.45, 2.75) is 25.7 Å². The molecule has 268 valence electrons. The molecule has 9 rings (SSSR count). The van der Waals surface area contributed by atoms with Crippen molar-refractivity contribution in [2.24, 2.45) is 29.6 Å². The molecular weight excluding hydrogens is 677 g/mol. The van der Waals surface area contributed by atoms with E-state index in [0.29, 0.717) is 28.9 Å². The highest BCUT2D eigenvalue weighted by Gasteiger charge is 2.62. The smallest absolute Gasteiger partial charge is 0.238 e. The van der Waals surface area contributed by atoms with Crippen LogP contribution in [-0.2, 0) is 19.2 Å². The first-order valence-corrected chi connectivity index (χ1v) is 18.4. The van der Waals surface area contributed by atoms with Crippen molar-refractivity contribution in [1.29, 1.82) is 0 Å². The molecule has 2 aliphatic heterocycles. The Kier molecular flexibility index (Phi) is 8.14. The Balaban J connectivity index is 1.04. The Labute approximate surface area is 312 Å². The zero-order chi connectivity index (χ0) is 37.1. The highest BCUT2D eigenvalue weighted by atomic mass is 16.3. The molecular formula is C45H38N4O5. The van der Waals surface area contributed by atoms with E-state index in [2.05, 4.69) is 10.6 Å². The maximum Gasteiger partial charge on any atom is 0.238 e. The van der Waals surface area contributed by atoms with Gasteiger partial charge in [-0.2, -0.15) is 0 Å². The quantitative estimate of drug-likeness (QED) is 0.115. The van der Waals surface area contributed by atoms with Gasteiger partial charge in [-0.15, -0.1) is 0 Å². The number of phenols is 1. The normalized spacial score (nSPS) is 24.5. The number of aromatic hydroxyl groups is 1. The summed E-state index contributed by atoms with van der Waals surface area (Å²) < 4.78 is 0. The number of carbonyl (C=O) groups is 4. The highest BCUT2D eigenvalue weighted by molar-refractivity contribution is 6.24. The van der Waals surface area contributed by atoms with Crippen molar-refractivity contribution in [3.8, 4) is 5.75 Å². The third kappa shape index (κ3) is 5.46. The fraction of sp³-hybridized carbons (Fsp3) is 0.200. The number of fused-ring (bicyclic) bond motifs is 4. The minimum Gasteiger partial charge on any atom is -0.507 e. The van der Waals surface area contributed by atoms with Crippen LogP contribution in [0.3, 0.4) is 0 Å². The zero-order valence-corrected chi connectivity index (χ0v) is 29.6. The number of para-hydroxylation sites is 3. The summed E-state index contributed by atoms with van der Waals surface area (Å²) in [6.45, 7) is 1.80. The lowest BCUT2D eigenvalue weighted by Crippen LogP contribution is -2.43. The van der Waals surface area contributed by atoms with Gasteiger partial charge in [-0.05, 0) is 104 Å². The molecule has 0 bridgehead atoms. The van der Waals surface area contributed by atoms with Crippen LogP contribution in [-0.4, -0.2) is 28.7 Å². The number of nitrogens with zero attached hydrogens (tertiary/aromatic N) is 2. The van der Waals surface area contributed by atoms with Gasteiger partial charge in [0.2, 0.25) is 23.6 Å². The molecule has 6 atom stereocenters. The number of allylic oxidation sites excluding steroid dienone is 2. The van der Waals surface area contributed by atoms with E-state index in [4.69, 9.17) is 0 Å². The number of amides is 4. The minimum atomic E-state index is -0.778. The predicted molar refractivity (Wildman–Crippen MR) is 208 cm³/mol. The zero-order valence-electron chi connectivity index (χ0n) is 29.6. The van der Waals surface area contributed by atoms with E-state index in [1.165, 1.54) is 9.80 Å². The Morgan fingerprint density at radius 2 is 1.04 bits per heavy atom.